The van der Waals surface area contributed by atoms with Gasteiger partial charge in [-0.25, -0.2) is 0 Å². The van der Waals surface area contributed by atoms with Crippen LogP contribution >= 0.6 is 0 Å². The van der Waals surface area contributed by atoms with Gasteiger partial charge >= 0.3 is 5.97 Å². The van der Waals surface area contributed by atoms with Crippen molar-refractivity contribution in [3.05, 3.63) is 0 Å². The molecular weight excluding hydrogens is 246 g/mol. The number of likely N-dealkylation sites (tertiary alicyclic amines) is 1. The van der Waals surface area contributed by atoms with Gasteiger partial charge in [0, 0.05) is 18.5 Å². The molecule has 1 aliphatic rings. The zero-order chi connectivity index (χ0) is 14.5. The Morgan fingerprint density at radius 1 is 1.32 bits per heavy atom. The molecule has 0 radical (unpaired) electrons. The maximum Gasteiger partial charge on any atom is 0.305 e. The average molecular weight is 271 g/mol. The summed E-state index contributed by atoms with van der Waals surface area (Å²) in [6, 6.07) is 0. The third-order valence-electron chi connectivity index (χ3n) is 3.86. The van der Waals surface area contributed by atoms with Crippen LogP contribution in [0.4, 0.5) is 0 Å². The zero-order valence-corrected chi connectivity index (χ0v) is 12.1. The lowest BCUT2D eigenvalue weighted by Gasteiger charge is -2.36. The molecule has 0 unspecified atom stereocenters. The molecule has 0 aromatic carbocycles. The van der Waals surface area contributed by atoms with Crippen LogP contribution in [0, 0.1) is 5.41 Å². The Bertz CT molecular complexity index is 319. The van der Waals surface area contributed by atoms with Gasteiger partial charge < -0.3 is 14.7 Å². The Hall–Kier alpha value is -1.10. The van der Waals surface area contributed by atoms with Crippen LogP contribution in [0.15, 0.2) is 0 Å². The molecule has 1 heterocycles. The van der Waals surface area contributed by atoms with Crippen molar-refractivity contribution in [2.24, 2.45) is 5.41 Å². The van der Waals surface area contributed by atoms with E-state index in [9.17, 15) is 9.59 Å². The van der Waals surface area contributed by atoms with E-state index in [1.165, 1.54) is 0 Å². The molecule has 0 spiro atoms. The highest BCUT2D eigenvalue weighted by atomic mass is 16.5. The maximum atomic E-state index is 12.3. The molecule has 1 N–H and O–H groups in total. The molecular formula is C14H25NO4. The van der Waals surface area contributed by atoms with Crippen molar-refractivity contribution < 1.29 is 19.4 Å². The minimum absolute atomic E-state index is 0.0437. The van der Waals surface area contributed by atoms with Crippen molar-refractivity contribution in [3.8, 4) is 0 Å². The first kappa shape index (κ1) is 16.0. The minimum Gasteiger partial charge on any atom is -0.481 e. The van der Waals surface area contributed by atoms with Gasteiger partial charge in [-0.1, -0.05) is 20.8 Å². The summed E-state index contributed by atoms with van der Waals surface area (Å²) in [5, 5.41) is 8.54. The summed E-state index contributed by atoms with van der Waals surface area (Å²) >= 11 is 0. The van der Waals surface area contributed by atoms with Crippen LogP contribution in [-0.4, -0.2) is 47.7 Å². The second-order valence-corrected chi connectivity index (χ2v) is 5.74. The van der Waals surface area contributed by atoms with E-state index in [0.29, 0.717) is 13.1 Å². The lowest BCUT2D eigenvalue weighted by molar-refractivity contribution is -0.143. The topological polar surface area (TPSA) is 66.8 Å². The molecule has 19 heavy (non-hydrogen) atoms. The highest BCUT2D eigenvalue weighted by Crippen LogP contribution is 2.25. The van der Waals surface area contributed by atoms with E-state index in [4.69, 9.17) is 9.84 Å². The van der Waals surface area contributed by atoms with Gasteiger partial charge in [0.15, 0.2) is 0 Å². The smallest absolute Gasteiger partial charge is 0.305 e. The van der Waals surface area contributed by atoms with Gasteiger partial charge in [0.1, 0.15) is 0 Å². The molecule has 1 amide bonds. The first-order valence-corrected chi connectivity index (χ1v) is 6.99. The van der Waals surface area contributed by atoms with Crippen molar-refractivity contribution in [3.63, 3.8) is 0 Å². The highest BCUT2D eigenvalue weighted by molar-refractivity contribution is 5.82. The van der Waals surface area contributed by atoms with E-state index in [1.807, 2.05) is 25.7 Å². The molecule has 110 valence electrons. The standard InChI is InChI=1S/C14H25NO4/c1-4-14(2,3)13(18)15-8-5-11(6-9-15)19-10-7-12(16)17/h11H,4-10H2,1-3H3,(H,16,17). The number of carbonyl (C=O) groups is 2. The number of nitrogens with zero attached hydrogens (tertiary/aromatic N) is 1. The van der Waals surface area contributed by atoms with Gasteiger partial charge in [-0.2, -0.15) is 0 Å². The fraction of sp³-hybridized carbons (Fsp3) is 0.857. The quantitative estimate of drug-likeness (QED) is 0.801. The first-order chi connectivity index (χ1) is 8.86. The Kier molecular flexibility index (Phi) is 5.79. The number of piperidine rings is 1. The number of carbonyl (C=O) groups excluding carboxylic acids is 1. The molecule has 1 aliphatic heterocycles. The van der Waals surface area contributed by atoms with E-state index in [1.54, 1.807) is 0 Å². The molecule has 0 bridgehead atoms. The molecule has 1 fully saturated rings. The largest absolute Gasteiger partial charge is 0.481 e. The van der Waals surface area contributed by atoms with Gasteiger partial charge in [-0.15, -0.1) is 0 Å². The molecule has 1 saturated heterocycles. The van der Waals surface area contributed by atoms with Crippen LogP contribution in [0.3, 0.4) is 0 Å². The molecule has 5 heteroatoms. The lowest BCUT2D eigenvalue weighted by Crippen LogP contribution is -2.46. The third-order valence-corrected chi connectivity index (χ3v) is 3.86. The van der Waals surface area contributed by atoms with E-state index in [0.717, 1.165) is 19.3 Å². The predicted octanol–water partition coefficient (Wildman–Crippen LogP) is 1.90. The zero-order valence-electron chi connectivity index (χ0n) is 12.1. The molecule has 0 aromatic heterocycles. The van der Waals surface area contributed by atoms with Crippen molar-refractivity contribution >= 4 is 11.9 Å². The molecule has 5 nitrogen and oxygen atoms in total. The second-order valence-electron chi connectivity index (χ2n) is 5.74. The number of hydrogen-bond acceptors (Lipinski definition) is 3. The van der Waals surface area contributed by atoms with Crippen molar-refractivity contribution in [2.75, 3.05) is 19.7 Å². The SMILES string of the molecule is CCC(C)(C)C(=O)N1CCC(OCCC(=O)O)CC1. The van der Waals surface area contributed by atoms with Crippen LogP contribution in [0.25, 0.3) is 0 Å². The monoisotopic (exact) mass is 271 g/mol. The normalized spacial score (nSPS) is 17.5. The van der Waals surface area contributed by atoms with Crippen LogP contribution in [0.1, 0.15) is 46.5 Å². The number of hydrogen-bond donors (Lipinski definition) is 1. The lowest BCUT2D eigenvalue weighted by atomic mass is 9.88. The summed E-state index contributed by atoms with van der Waals surface area (Å²) in [6.45, 7) is 7.66. The summed E-state index contributed by atoms with van der Waals surface area (Å²) in [7, 11) is 0. The van der Waals surface area contributed by atoms with E-state index in [-0.39, 0.29) is 30.5 Å². The average Bonchev–Trinajstić information content (AvgIpc) is 2.38. The van der Waals surface area contributed by atoms with Crippen LogP contribution in [0.5, 0.6) is 0 Å². The van der Waals surface area contributed by atoms with Crippen molar-refractivity contribution in [1.82, 2.24) is 4.90 Å². The van der Waals surface area contributed by atoms with E-state index in [2.05, 4.69) is 0 Å². The molecule has 0 atom stereocenters. The second kappa shape index (κ2) is 6.89. The van der Waals surface area contributed by atoms with Gasteiger partial charge in [0.05, 0.1) is 19.1 Å². The Morgan fingerprint density at radius 3 is 2.37 bits per heavy atom. The Labute approximate surface area is 114 Å². The fourth-order valence-corrected chi connectivity index (χ4v) is 2.12. The Morgan fingerprint density at radius 2 is 1.89 bits per heavy atom. The van der Waals surface area contributed by atoms with Crippen molar-refractivity contribution in [1.29, 1.82) is 0 Å². The molecule has 1 rings (SSSR count). The molecule has 0 saturated carbocycles. The summed E-state index contributed by atoms with van der Waals surface area (Å²) < 4.78 is 5.51. The van der Waals surface area contributed by atoms with E-state index < -0.39 is 5.97 Å². The molecule has 0 aromatic rings. The van der Waals surface area contributed by atoms with Crippen LogP contribution < -0.4 is 0 Å². The summed E-state index contributed by atoms with van der Waals surface area (Å²) in [4.78, 5) is 24.6. The summed E-state index contributed by atoms with van der Waals surface area (Å²) in [6.07, 6.45) is 2.56. The summed E-state index contributed by atoms with van der Waals surface area (Å²) in [5.74, 6) is -0.628. The highest BCUT2D eigenvalue weighted by Gasteiger charge is 2.32. The Balaban J connectivity index is 2.33. The maximum absolute atomic E-state index is 12.3. The molecule has 0 aliphatic carbocycles. The van der Waals surface area contributed by atoms with Crippen molar-refractivity contribution in [2.45, 2.75) is 52.6 Å². The van der Waals surface area contributed by atoms with Gasteiger partial charge in [0.25, 0.3) is 0 Å². The third kappa shape index (κ3) is 4.82. The first-order valence-electron chi connectivity index (χ1n) is 6.99. The van der Waals surface area contributed by atoms with Crippen LogP contribution in [0.2, 0.25) is 0 Å². The summed E-state index contributed by atoms with van der Waals surface area (Å²) in [5.41, 5.74) is -0.295. The number of aliphatic carboxylic acids is 1. The van der Waals surface area contributed by atoms with Gasteiger partial charge in [-0.3, -0.25) is 9.59 Å². The van der Waals surface area contributed by atoms with Crippen LogP contribution in [-0.2, 0) is 14.3 Å². The predicted molar refractivity (Wildman–Crippen MR) is 71.9 cm³/mol. The number of carboxylic acids is 1. The number of carboxylic acid groups (broad SMARTS) is 1. The van der Waals surface area contributed by atoms with Gasteiger partial charge in [-0.05, 0) is 19.3 Å². The van der Waals surface area contributed by atoms with Gasteiger partial charge in [0.2, 0.25) is 5.91 Å². The number of ether oxygens (including phenoxy) is 1. The number of rotatable bonds is 6. The number of amides is 1. The van der Waals surface area contributed by atoms with E-state index >= 15 is 0 Å². The fourth-order valence-electron chi connectivity index (χ4n) is 2.12. The minimum atomic E-state index is -0.836.